The van der Waals surface area contributed by atoms with Crippen LogP contribution in [0.3, 0.4) is 0 Å². The fourth-order valence-electron chi connectivity index (χ4n) is 3.54. The molecule has 138 valence electrons. The first-order chi connectivity index (χ1) is 12.2. The van der Waals surface area contributed by atoms with Gasteiger partial charge in [0.2, 0.25) is 0 Å². The van der Waals surface area contributed by atoms with Gasteiger partial charge in [-0.05, 0) is 0 Å². The second-order valence-electron chi connectivity index (χ2n) is 7.10. The van der Waals surface area contributed by atoms with E-state index in [1.807, 2.05) is 6.08 Å². The molecule has 0 atom stereocenters. The van der Waals surface area contributed by atoms with Gasteiger partial charge in [-0.25, -0.2) is 0 Å². The Balaban J connectivity index is 2.85. The van der Waals surface area contributed by atoms with Crippen molar-refractivity contribution in [3.8, 4) is 0 Å². The van der Waals surface area contributed by atoms with Crippen LogP contribution in [0.1, 0.15) is 74.5 Å². The Morgan fingerprint density at radius 3 is 1.64 bits per heavy atom. The summed E-state index contributed by atoms with van der Waals surface area (Å²) in [4.78, 5) is 0. The van der Waals surface area contributed by atoms with E-state index in [4.69, 9.17) is 0 Å². The molecule has 0 aromatic heterocycles. The maximum absolute atomic E-state index is 3.86. The predicted molar refractivity (Wildman–Crippen MR) is 119 cm³/mol. The third kappa shape index (κ3) is 8.94. The number of hydrogen-bond donors (Lipinski definition) is 0. The number of hydrogen-bond acceptors (Lipinski definition) is 0. The van der Waals surface area contributed by atoms with Gasteiger partial charge >= 0.3 is 170 Å². The van der Waals surface area contributed by atoms with Crippen molar-refractivity contribution in [2.24, 2.45) is 0 Å². The van der Waals surface area contributed by atoms with E-state index in [1.165, 1.54) is 57.8 Å². The van der Waals surface area contributed by atoms with Gasteiger partial charge < -0.3 is 0 Å². The number of benzene rings is 1. The van der Waals surface area contributed by atoms with Gasteiger partial charge in [-0.3, -0.25) is 0 Å². The monoisotopic (exact) mass is 446 g/mol. The summed E-state index contributed by atoms with van der Waals surface area (Å²) in [5, 5.41) is 0. The molecule has 0 aliphatic heterocycles. The molecule has 1 heteroatoms. The molecule has 0 fully saturated rings. The second-order valence-corrected chi connectivity index (χ2v) is 10.2. The van der Waals surface area contributed by atoms with Crippen LogP contribution in [0.15, 0.2) is 50.1 Å². The van der Waals surface area contributed by atoms with Crippen LogP contribution < -0.4 is 3.58 Å². The molecule has 0 N–H and O–H groups in total. The first kappa shape index (κ1) is 22.3. The molecule has 0 amide bonds. The summed E-state index contributed by atoms with van der Waals surface area (Å²) in [6.07, 6.45) is 21.1. The Labute approximate surface area is 169 Å². The van der Waals surface area contributed by atoms with Crippen LogP contribution in [0, 0.1) is 0 Å². The van der Waals surface area contributed by atoms with Crippen LogP contribution in [-0.4, -0.2) is 22.5 Å². The van der Waals surface area contributed by atoms with E-state index >= 15 is 0 Å². The zero-order chi connectivity index (χ0) is 18.3. The van der Waals surface area contributed by atoms with E-state index in [9.17, 15) is 0 Å². The van der Waals surface area contributed by atoms with Crippen molar-refractivity contribution in [1.29, 1.82) is 0 Å². The van der Waals surface area contributed by atoms with Crippen LogP contribution >= 0.6 is 0 Å². The molecule has 1 aromatic rings. The van der Waals surface area contributed by atoms with E-state index in [-0.39, 0.29) is 0 Å². The summed E-state index contributed by atoms with van der Waals surface area (Å²) < 4.78 is 1.69. The quantitative estimate of drug-likeness (QED) is 0.193. The van der Waals surface area contributed by atoms with Gasteiger partial charge in [0, 0.05) is 0 Å². The van der Waals surface area contributed by atoms with Crippen molar-refractivity contribution in [3.05, 3.63) is 66.8 Å². The topological polar surface area (TPSA) is 0 Å². The molecule has 0 nitrogen and oxygen atoms in total. The number of unbranched alkanes of at least 4 members (excludes halogenated alkanes) is 6. The van der Waals surface area contributed by atoms with Crippen LogP contribution in [0.25, 0.3) is 0 Å². The number of rotatable bonds is 15. The fourth-order valence-corrected chi connectivity index (χ4v) is 5.59. The molecule has 1 aromatic carbocycles. The molecular formula is C24H38Sn. The summed E-state index contributed by atoms with van der Waals surface area (Å²) in [5.41, 5.74) is 5.05. The molecule has 0 saturated carbocycles. The summed E-state index contributed by atoms with van der Waals surface area (Å²) in [7, 11) is 0. The molecule has 0 aliphatic rings. The van der Waals surface area contributed by atoms with E-state index in [2.05, 4.69) is 44.0 Å². The van der Waals surface area contributed by atoms with E-state index in [0.29, 0.717) is 22.5 Å². The van der Waals surface area contributed by atoms with Gasteiger partial charge in [0.05, 0.1) is 0 Å². The van der Waals surface area contributed by atoms with Gasteiger partial charge in [0.25, 0.3) is 0 Å². The van der Waals surface area contributed by atoms with Gasteiger partial charge in [0.1, 0.15) is 0 Å². The van der Waals surface area contributed by atoms with Crippen molar-refractivity contribution >= 4 is 26.1 Å². The van der Waals surface area contributed by atoms with Crippen molar-refractivity contribution < 1.29 is 0 Å². The van der Waals surface area contributed by atoms with E-state index in [0.717, 1.165) is 19.3 Å². The van der Waals surface area contributed by atoms with Gasteiger partial charge in [-0.2, -0.15) is 0 Å². The van der Waals surface area contributed by atoms with Gasteiger partial charge in [-0.15, -0.1) is 0 Å². The van der Waals surface area contributed by atoms with Crippen LogP contribution in [0.4, 0.5) is 0 Å². The Morgan fingerprint density at radius 1 is 0.640 bits per heavy atom. The van der Waals surface area contributed by atoms with Crippen molar-refractivity contribution in [3.63, 3.8) is 0 Å². The minimum absolute atomic E-state index is 0.579. The molecule has 0 heterocycles. The molecule has 0 aliphatic carbocycles. The fraction of sp³-hybridized carbons (Fsp3) is 0.500. The molecule has 0 radical (unpaired) electrons. The first-order valence-electron chi connectivity index (χ1n) is 10.2. The van der Waals surface area contributed by atoms with Gasteiger partial charge in [-0.1, -0.05) is 0 Å². The molecule has 0 bridgehead atoms. The molecule has 0 unspecified atom stereocenters. The molecule has 25 heavy (non-hydrogen) atoms. The summed E-state index contributed by atoms with van der Waals surface area (Å²) in [6, 6.07) is 4.88. The van der Waals surface area contributed by atoms with Crippen LogP contribution in [-0.2, 0) is 19.3 Å². The number of allylic oxidation sites excluding steroid dienone is 3. The summed E-state index contributed by atoms with van der Waals surface area (Å²) in [5.74, 6) is 0. The van der Waals surface area contributed by atoms with Crippen molar-refractivity contribution in [2.45, 2.75) is 77.0 Å². The third-order valence-electron chi connectivity index (χ3n) is 5.04. The Hall–Kier alpha value is -0.761. The van der Waals surface area contributed by atoms with E-state index in [1.54, 1.807) is 20.3 Å². The van der Waals surface area contributed by atoms with Crippen molar-refractivity contribution in [1.82, 2.24) is 0 Å². The molecule has 0 spiro atoms. The number of aryl methyl sites for hydroxylation is 1. The summed E-state index contributed by atoms with van der Waals surface area (Å²) in [6.45, 7) is 11.6. The Morgan fingerprint density at radius 2 is 1.12 bits per heavy atom. The van der Waals surface area contributed by atoms with Crippen LogP contribution in [0.2, 0.25) is 0 Å². The zero-order valence-electron chi connectivity index (χ0n) is 16.5. The standard InChI is InChI=1S/C24H35.Sn.3H/c1-4-7-10-13-17-22-19-16-20-23(18-14-11-8-5-2)24(22)21-15-12-9-6-3;;;;/h4-6,16,19H,1-3,7-15,17-18,21H2;;;;. The normalized spacial score (nSPS) is 10.7. The SMILES string of the molecule is C=CCCCCc1cc[c]([SnH3])c(CCCCC=C)c1CCCCC=C. The van der Waals surface area contributed by atoms with Crippen LogP contribution in [0.5, 0.6) is 0 Å². The average Bonchev–Trinajstić information content (AvgIpc) is 2.62. The maximum atomic E-state index is 3.86. The minimum atomic E-state index is 0.579. The Bertz CT molecular complexity index is 527. The predicted octanol–water partition coefficient (Wildman–Crippen LogP) is 5.37. The Kier molecular flexibility index (Phi) is 12.8. The zero-order valence-corrected chi connectivity index (χ0v) is 22.2. The molecular weight excluding hydrogens is 407 g/mol. The van der Waals surface area contributed by atoms with Gasteiger partial charge in [0.15, 0.2) is 0 Å². The van der Waals surface area contributed by atoms with E-state index < -0.39 is 0 Å². The first-order valence-corrected chi connectivity index (χ1v) is 13.0. The summed E-state index contributed by atoms with van der Waals surface area (Å²) >= 11 is 0.579. The van der Waals surface area contributed by atoms with Crippen molar-refractivity contribution in [2.75, 3.05) is 0 Å². The molecule has 0 saturated heterocycles. The second kappa shape index (κ2) is 14.4. The molecule has 1 rings (SSSR count). The third-order valence-corrected chi connectivity index (χ3v) is 7.71. The average molecular weight is 445 g/mol.